The van der Waals surface area contributed by atoms with Gasteiger partial charge in [-0.2, -0.15) is 0 Å². The Hall–Kier alpha value is -4.51. The Morgan fingerprint density at radius 2 is 1.84 bits per heavy atom. The lowest BCUT2D eigenvalue weighted by atomic mass is 9.80. The summed E-state index contributed by atoms with van der Waals surface area (Å²) in [6.07, 6.45) is 1.01. The van der Waals surface area contributed by atoms with Gasteiger partial charge < -0.3 is 20.0 Å². The molecule has 2 N–H and O–H groups in total. The summed E-state index contributed by atoms with van der Waals surface area (Å²) in [6, 6.07) is 15.5. The van der Waals surface area contributed by atoms with E-state index in [4.69, 9.17) is 9.47 Å². The molecule has 1 atom stereocenters. The van der Waals surface area contributed by atoms with Crippen LogP contribution in [0.1, 0.15) is 30.9 Å². The van der Waals surface area contributed by atoms with Crippen LogP contribution in [0.3, 0.4) is 0 Å². The number of rotatable bonds is 11. The summed E-state index contributed by atoms with van der Waals surface area (Å²) in [7, 11) is 1.90. The Bertz CT molecular complexity index is 1270. The number of non-ortho nitro benzene ring substituents is 1. The number of nitrogens with zero attached hydrogens (tertiary/aromatic N) is 3. The fourth-order valence-electron chi connectivity index (χ4n) is 4.22. The van der Waals surface area contributed by atoms with Crippen molar-refractivity contribution in [3.05, 3.63) is 98.4 Å². The van der Waals surface area contributed by atoms with Crippen LogP contribution in [0.25, 0.3) is 0 Å². The Labute approximate surface area is 220 Å². The van der Waals surface area contributed by atoms with Crippen LogP contribution in [0.5, 0.6) is 0 Å². The molecule has 0 bridgehead atoms. The molecule has 0 radical (unpaired) electrons. The van der Waals surface area contributed by atoms with Crippen molar-refractivity contribution in [1.29, 1.82) is 0 Å². The van der Waals surface area contributed by atoms with E-state index in [2.05, 4.69) is 10.5 Å². The number of benzene rings is 2. The van der Waals surface area contributed by atoms with E-state index in [0.717, 1.165) is 11.8 Å². The van der Waals surface area contributed by atoms with Crippen molar-refractivity contribution in [3.8, 4) is 0 Å². The number of carbonyl (C=O) groups is 2. The third-order valence-electron chi connectivity index (χ3n) is 5.91. The molecule has 0 amide bonds. The van der Waals surface area contributed by atoms with Crippen LogP contribution in [-0.2, 0) is 25.6 Å². The van der Waals surface area contributed by atoms with E-state index in [1.54, 1.807) is 19.9 Å². The molecule has 0 saturated heterocycles. The van der Waals surface area contributed by atoms with Gasteiger partial charge in [-0.3, -0.25) is 15.0 Å². The third-order valence-corrected chi connectivity index (χ3v) is 5.91. The van der Waals surface area contributed by atoms with E-state index in [9.17, 15) is 24.9 Å². The molecule has 11 heteroatoms. The number of esters is 2. The molecular formula is C27H30N4O7. The molecule has 0 saturated carbocycles. The number of hydrogen-bond acceptors (Lipinski definition) is 10. The SMILES string of the molecule is CCOC(=O)C1=C(/C=N\O)NC(C)=C(C(=O)OCCN(C)Cc2ccccc2)C1c1cccc([N+](=O)[O-])c1. The zero-order chi connectivity index (χ0) is 27.7. The van der Waals surface area contributed by atoms with E-state index in [0.29, 0.717) is 24.4 Å². The number of likely N-dealkylation sites (N-methyl/N-ethyl adjacent to an activating group) is 1. The lowest BCUT2D eigenvalue weighted by Gasteiger charge is -2.30. The molecule has 1 unspecified atom stereocenters. The first kappa shape index (κ1) is 28.1. The first-order valence-electron chi connectivity index (χ1n) is 12.0. The zero-order valence-electron chi connectivity index (χ0n) is 21.4. The number of nitro benzene ring substituents is 1. The summed E-state index contributed by atoms with van der Waals surface area (Å²) in [6.45, 7) is 4.46. The predicted molar refractivity (Wildman–Crippen MR) is 139 cm³/mol. The normalized spacial score (nSPS) is 15.5. The van der Waals surface area contributed by atoms with Crippen molar-refractivity contribution in [2.45, 2.75) is 26.3 Å². The first-order valence-corrected chi connectivity index (χ1v) is 12.0. The maximum Gasteiger partial charge on any atom is 0.337 e. The largest absolute Gasteiger partial charge is 0.463 e. The Morgan fingerprint density at radius 3 is 2.50 bits per heavy atom. The summed E-state index contributed by atoms with van der Waals surface area (Å²) in [5.41, 5.74) is 1.70. The molecule has 0 aromatic heterocycles. The smallest absolute Gasteiger partial charge is 0.337 e. The van der Waals surface area contributed by atoms with E-state index in [1.807, 2.05) is 42.3 Å². The monoisotopic (exact) mass is 522 g/mol. The second-order valence-corrected chi connectivity index (χ2v) is 8.60. The van der Waals surface area contributed by atoms with Gasteiger partial charge >= 0.3 is 11.9 Å². The quantitative estimate of drug-likeness (QED) is 0.149. The molecule has 11 nitrogen and oxygen atoms in total. The van der Waals surface area contributed by atoms with Crippen LogP contribution < -0.4 is 5.32 Å². The maximum absolute atomic E-state index is 13.4. The molecule has 38 heavy (non-hydrogen) atoms. The minimum absolute atomic E-state index is 0.0381. The summed E-state index contributed by atoms with van der Waals surface area (Å²) in [5.74, 6) is -2.54. The number of dihydropyridines is 1. The van der Waals surface area contributed by atoms with Gasteiger partial charge in [-0.05, 0) is 32.0 Å². The number of ether oxygens (including phenoxy) is 2. The Kier molecular flexibility index (Phi) is 9.72. The van der Waals surface area contributed by atoms with Gasteiger partial charge in [0, 0.05) is 30.9 Å². The Morgan fingerprint density at radius 1 is 1.13 bits per heavy atom. The standard InChI is InChI=1S/C27H30N4O7/c1-4-37-27(33)25-22(16-28-34)29-18(2)23(24(25)20-11-8-12-21(15-20)31(35)36)26(32)38-14-13-30(3)17-19-9-6-5-7-10-19/h5-12,15-16,24,29,34H,4,13-14,17H2,1-3H3/b28-16-. The van der Waals surface area contributed by atoms with E-state index in [1.165, 1.54) is 18.2 Å². The van der Waals surface area contributed by atoms with E-state index >= 15 is 0 Å². The second kappa shape index (κ2) is 13.2. The van der Waals surface area contributed by atoms with Gasteiger partial charge in [0.1, 0.15) is 6.61 Å². The molecule has 0 aliphatic carbocycles. The summed E-state index contributed by atoms with van der Waals surface area (Å²) >= 11 is 0. The fourth-order valence-corrected chi connectivity index (χ4v) is 4.22. The third kappa shape index (κ3) is 6.83. The fraction of sp³-hybridized carbons (Fsp3) is 0.296. The maximum atomic E-state index is 13.4. The van der Waals surface area contributed by atoms with E-state index < -0.39 is 22.8 Å². The van der Waals surface area contributed by atoms with Crippen molar-refractivity contribution in [3.63, 3.8) is 0 Å². The highest BCUT2D eigenvalue weighted by Crippen LogP contribution is 2.40. The van der Waals surface area contributed by atoms with Crippen LogP contribution in [0, 0.1) is 10.1 Å². The first-order chi connectivity index (χ1) is 18.3. The number of oxime groups is 1. The lowest BCUT2D eigenvalue weighted by Crippen LogP contribution is -2.34. The molecule has 2 aromatic rings. The average Bonchev–Trinajstić information content (AvgIpc) is 2.89. The highest BCUT2D eigenvalue weighted by Gasteiger charge is 2.39. The molecule has 200 valence electrons. The minimum atomic E-state index is -1.07. The van der Waals surface area contributed by atoms with Crippen LogP contribution in [0.2, 0.25) is 0 Å². The van der Waals surface area contributed by atoms with Gasteiger partial charge in [-0.1, -0.05) is 47.6 Å². The number of nitrogens with one attached hydrogen (secondary N) is 1. The second-order valence-electron chi connectivity index (χ2n) is 8.60. The lowest BCUT2D eigenvalue weighted by molar-refractivity contribution is -0.384. The van der Waals surface area contributed by atoms with Crippen LogP contribution in [0.15, 0.2) is 82.3 Å². The van der Waals surface area contributed by atoms with Gasteiger partial charge in [0.2, 0.25) is 0 Å². The van der Waals surface area contributed by atoms with Gasteiger partial charge in [0.15, 0.2) is 0 Å². The topological polar surface area (TPSA) is 144 Å². The van der Waals surface area contributed by atoms with Crippen LogP contribution in [0.4, 0.5) is 5.69 Å². The minimum Gasteiger partial charge on any atom is -0.463 e. The van der Waals surface area contributed by atoms with Crippen molar-refractivity contribution in [2.75, 3.05) is 26.8 Å². The van der Waals surface area contributed by atoms with Crippen LogP contribution >= 0.6 is 0 Å². The molecule has 0 spiro atoms. The van der Waals surface area contributed by atoms with Crippen molar-refractivity contribution >= 4 is 23.8 Å². The number of allylic oxidation sites excluding steroid dienone is 2. The van der Waals surface area contributed by atoms with Gasteiger partial charge in [-0.15, -0.1) is 0 Å². The summed E-state index contributed by atoms with van der Waals surface area (Å²) < 4.78 is 10.8. The molecule has 1 aliphatic rings. The van der Waals surface area contributed by atoms with Gasteiger partial charge in [0.05, 0.1) is 40.5 Å². The molecule has 1 heterocycles. The van der Waals surface area contributed by atoms with Gasteiger partial charge in [0.25, 0.3) is 5.69 Å². The number of hydrogen-bond donors (Lipinski definition) is 2. The van der Waals surface area contributed by atoms with Gasteiger partial charge in [-0.25, -0.2) is 9.59 Å². The summed E-state index contributed by atoms with van der Waals surface area (Å²) in [5, 5.41) is 26.6. The van der Waals surface area contributed by atoms with Crippen molar-refractivity contribution < 1.29 is 29.2 Å². The molecule has 1 aliphatic heterocycles. The number of nitro groups is 1. The van der Waals surface area contributed by atoms with Crippen molar-refractivity contribution in [1.82, 2.24) is 10.2 Å². The highest BCUT2D eigenvalue weighted by atomic mass is 16.6. The zero-order valence-corrected chi connectivity index (χ0v) is 21.4. The Balaban J connectivity index is 1.93. The van der Waals surface area contributed by atoms with Crippen LogP contribution in [-0.4, -0.2) is 60.0 Å². The van der Waals surface area contributed by atoms with E-state index in [-0.39, 0.29) is 35.7 Å². The molecule has 3 rings (SSSR count). The molecular weight excluding hydrogens is 492 g/mol. The average molecular weight is 523 g/mol. The molecule has 0 fully saturated rings. The summed E-state index contributed by atoms with van der Waals surface area (Å²) in [4.78, 5) is 39.4. The van der Waals surface area contributed by atoms with Crippen molar-refractivity contribution in [2.24, 2.45) is 5.16 Å². The molecule has 2 aromatic carbocycles. The predicted octanol–water partition coefficient (Wildman–Crippen LogP) is 3.51. The highest BCUT2D eigenvalue weighted by molar-refractivity contribution is 6.04. The number of carbonyl (C=O) groups excluding carboxylic acids is 2.